The van der Waals surface area contributed by atoms with Crippen LogP contribution in [-0.4, -0.2) is 35.8 Å². The van der Waals surface area contributed by atoms with Crippen molar-refractivity contribution < 1.29 is 14.4 Å². The van der Waals surface area contributed by atoms with Crippen LogP contribution in [0.2, 0.25) is 0 Å². The Morgan fingerprint density at radius 2 is 1.68 bits per heavy atom. The van der Waals surface area contributed by atoms with Crippen molar-refractivity contribution in [2.75, 3.05) is 11.4 Å². The van der Waals surface area contributed by atoms with Crippen LogP contribution in [0.3, 0.4) is 0 Å². The third kappa shape index (κ3) is 6.47. The Labute approximate surface area is 224 Å². The number of hydrogen-bond acceptors (Lipinski definition) is 4. The third-order valence-corrected chi connectivity index (χ3v) is 6.61. The van der Waals surface area contributed by atoms with E-state index in [2.05, 4.69) is 10.6 Å². The van der Waals surface area contributed by atoms with Crippen molar-refractivity contribution in [3.05, 3.63) is 89.5 Å². The fourth-order valence-electron chi connectivity index (χ4n) is 4.83. The number of para-hydroxylation sites is 1. The summed E-state index contributed by atoms with van der Waals surface area (Å²) in [6.07, 6.45) is 1.35. The number of fused-ring (bicyclic) bond motifs is 1. The fraction of sp³-hybridized carbons (Fsp3) is 0.323. The Morgan fingerprint density at radius 1 is 1.00 bits per heavy atom. The molecule has 0 aromatic heterocycles. The molecule has 0 spiro atoms. The maximum atomic E-state index is 13.7. The van der Waals surface area contributed by atoms with Crippen LogP contribution in [0.4, 0.5) is 5.69 Å². The van der Waals surface area contributed by atoms with Gasteiger partial charge in [-0.15, -0.1) is 0 Å². The van der Waals surface area contributed by atoms with E-state index >= 15 is 0 Å². The van der Waals surface area contributed by atoms with Gasteiger partial charge in [-0.2, -0.15) is 0 Å². The first-order valence-corrected chi connectivity index (χ1v) is 13.1. The van der Waals surface area contributed by atoms with Gasteiger partial charge in [0.1, 0.15) is 6.04 Å². The summed E-state index contributed by atoms with van der Waals surface area (Å²) in [7, 11) is 0. The minimum absolute atomic E-state index is 0.106. The number of carbonyl (C=O) groups excluding carboxylic acids is 3. The molecular formula is C31H36N4O3. The molecule has 198 valence electrons. The van der Waals surface area contributed by atoms with Gasteiger partial charge >= 0.3 is 0 Å². The van der Waals surface area contributed by atoms with Crippen LogP contribution in [0.1, 0.15) is 55.1 Å². The second-order valence-corrected chi connectivity index (χ2v) is 10.5. The van der Waals surface area contributed by atoms with Crippen molar-refractivity contribution in [2.24, 2.45) is 5.73 Å². The molecule has 3 aromatic carbocycles. The van der Waals surface area contributed by atoms with Crippen LogP contribution in [0.15, 0.2) is 72.8 Å². The van der Waals surface area contributed by atoms with E-state index in [-0.39, 0.29) is 24.1 Å². The number of rotatable bonds is 8. The standard InChI is InChI=1S/C31H36N4O3/c1-4-33-29(37)25-11-7-6-10-24(25)22-15-13-21(14-16-22)20-35-27-12-8-5-9-23(27)17-18-26(30(35)38)34-28(36)19-31(2,3)32/h5-16,26H,4,17-20,32H2,1-3H3,(H,33,37)(H,34,36). The molecule has 0 saturated heterocycles. The second-order valence-electron chi connectivity index (χ2n) is 10.5. The molecule has 1 atom stereocenters. The average Bonchev–Trinajstić information content (AvgIpc) is 3.01. The van der Waals surface area contributed by atoms with Crippen LogP contribution in [0.25, 0.3) is 11.1 Å². The number of nitrogens with one attached hydrogen (secondary N) is 2. The van der Waals surface area contributed by atoms with Gasteiger partial charge in [0.2, 0.25) is 11.8 Å². The summed E-state index contributed by atoms with van der Waals surface area (Å²) in [6.45, 7) is 6.40. The molecule has 0 saturated carbocycles. The van der Waals surface area contributed by atoms with Gasteiger partial charge in [0.25, 0.3) is 5.91 Å². The Balaban J connectivity index is 1.59. The number of nitrogens with zero attached hydrogens (tertiary/aromatic N) is 1. The monoisotopic (exact) mass is 512 g/mol. The maximum absolute atomic E-state index is 13.7. The molecule has 7 nitrogen and oxygen atoms in total. The molecule has 1 aliphatic heterocycles. The summed E-state index contributed by atoms with van der Waals surface area (Å²) in [6, 6.07) is 22.7. The molecule has 4 N–H and O–H groups in total. The molecule has 1 aliphatic rings. The van der Waals surface area contributed by atoms with Gasteiger partial charge in [-0.25, -0.2) is 0 Å². The average molecular weight is 513 g/mol. The number of amides is 3. The van der Waals surface area contributed by atoms with Crippen molar-refractivity contribution >= 4 is 23.4 Å². The molecule has 0 fully saturated rings. The summed E-state index contributed by atoms with van der Waals surface area (Å²) >= 11 is 0. The lowest BCUT2D eigenvalue weighted by atomic mass is 9.98. The first-order valence-electron chi connectivity index (χ1n) is 13.1. The van der Waals surface area contributed by atoms with E-state index in [9.17, 15) is 14.4 Å². The van der Waals surface area contributed by atoms with Crippen LogP contribution in [0.5, 0.6) is 0 Å². The molecule has 0 bridgehead atoms. The number of hydrogen-bond donors (Lipinski definition) is 3. The zero-order valence-electron chi connectivity index (χ0n) is 22.3. The predicted molar refractivity (Wildman–Crippen MR) is 151 cm³/mol. The highest BCUT2D eigenvalue weighted by atomic mass is 16.2. The number of benzene rings is 3. The van der Waals surface area contributed by atoms with Gasteiger partial charge < -0.3 is 21.3 Å². The second kappa shape index (κ2) is 11.6. The lowest BCUT2D eigenvalue weighted by Crippen LogP contribution is -2.49. The molecular weight excluding hydrogens is 476 g/mol. The molecule has 38 heavy (non-hydrogen) atoms. The molecule has 0 aliphatic carbocycles. The number of aryl methyl sites for hydroxylation is 1. The zero-order valence-corrected chi connectivity index (χ0v) is 22.3. The van der Waals surface area contributed by atoms with Crippen LogP contribution < -0.4 is 21.3 Å². The Kier molecular flexibility index (Phi) is 8.27. The van der Waals surface area contributed by atoms with E-state index in [0.29, 0.717) is 31.5 Å². The van der Waals surface area contributed by atoms with Crippen molar-refractivity contribution in [1.82, 2.24) is 10.6 Å². The van der Waals surface area contributed by atoms with Crippen molar-refractivity contribution in [3.63, 3.8) is 0 Å². The minimum atomic E-state index is -0.655. The van der Waals surface area contributed by atoms with Gasteiger partial charge in [-0.1, -0.05) is 60.7 Å². The van der Waals surface area contributed by atoms with E-state index in [1.165, 1.54) is 0 Å². The Morgan fingerprint density at radius 3 is 2.39 bits per heavy atom. The maximum Gasteiger partial charge on any atom is 0.251 e. The Bertz CT molecular complexity index is 1310. The van der Waals surface area contributed by atoms with E-state index in [4.69, 9.17) is 5.73 Å². The van der Waals surface area contributed by atoms with E-state index in [1.807, 2.05) is 79.7 Å². The molecule has 0 radical (unpaired) electrons. The molecule has 4 rings (SSSR count). The summed E-state index contributed by atoms with van der Waals surface area (Å²) in [5.41, 5.74) is 10.6. The molecule has 3 aromatic rings. The van der Waals surface area contributed by atoms with Crippen molar-refractivity contribution in [2.45, 2.75) is 58.2 Å². The first-order chi connectivity index (χ1) is 18.2. The minimum Gasteiger partial charge on any atom is -0.352 e. The number of anilines is 1. The smallest absolute Gasteiger partial charge is 0.251 e. The third-order valence-electron chi connectivity index (χ3n) is 6.61. The van der Waals surface area contributed by atoms with E-state index in [1.54, 1.807) is 18.7 Å². The lowest BCUT2D eigenvalue weighted by Gasteiger charge is -2.27. The van der Waals surface area contributed by atoms with Crippen molar-refractivity contribution in [1.29, 1.82) is 0 Å². The number of nitrogens with two attached hydrogens (primary N) is 1. The van der Waals surface area contributed by atoms with Gasteiger partial charge in [0, 0.05) is 29.8 Å². The fourth-order valence-corrected chi connectivity index (χ4v) is 4.83. The van der Waals surface area contributed by atoms with E-state index < -0.39 is 11.6 Å². The van der Waals surface area contributed by atoms with Crippen molar-refractivity contribution in [3.8, 4) is 11.1 Å². The summed E-state index contributed by atoms with van der Waals surface area (Å²) < 4.78 is 0. The summed E-state index contributed by atoms with van der Waals surface area (Å²) in [4.78, 5) is 40.6. The lowest BCUT2D eigenvalue weighted by molar-refractivity contribution is -0.128. The predicted octanol–water partition coefficient (Wildman–Crippen LogP) is 4.19. The molecule has 1 heterocycles. The highest BCUT2D eigenvalue weighted by molar-refractivity contribution is 6.01. The summed E-state index contributed by atoms with van der Waals surface area (Å²) in [5.74, 6) is -0.467. The molecule has 7 heteroatoms. The SMILES string of the molecule is CCNC(=O)c1ccccc1-c1ccc(CN2C(=O)C(NC(=O)CC(C)(C)N)CCc3ccccc32)cc1. The number of carbonyl (C=O) groups is 3. The Hall–Kier alpha value is -3.97. The van der Waals surface area contributed by atoms with E-state index in [0.717, 1.165) is 27.9 Å². The largest absolute Gasteiger partial charge is 0.352 e. The highest BCUT2D eigenvalue weighted by Crippen LogP contribution is 2.30. The van der Waals surface area contributed by atoms with Crippen LogP contribution >= 0.6 is 0 Å². The van der Waals surface area contributed by atoms with Gasteiger partial charge in [-0.3, -0.25) is 14.4 Å². The first kappa shape index (κ1) is 27.1. The highest BCUT2D eigenvalue weighted by Gasteiger charge is 2.32. The normalized spacial score (nSPS) is 15.4. The molecule has 3 amide bonds. The summed E-state index contributed by atoms with van der Waals surface area (Å²) in [5, 5.41) is 5.79. The van der Waals surface area contributed by atoms with Gasteiger partial charge in [0.05, 0.1) is 6.54 Å². The quantitative estimate of drug-likeness (QED) is 0.421. The topological polar surface area (TPSA) is 105 Å². The zero-order chi connectivity index (χ0) is 27.3. The van der Waals surface area contributed by atoms with Gasteiger partial charge in [-0.05, 0) is 68.0 Å². The molecule has 1 unspecified atom stereocenters. The van der Waals surface area contributed by atoms with Crippen LogP contribution in [0, 0.1) is 0 Å². The van der Waals surface area contributed by atoms with Crippen LogP contribution in [-0.2, 0) is 22.6 Å². The van der Waals surface area contributed by atoms with Gasteiger partial charge in [0.15, 0.2) is 0 Å².